The fraction of sp³-hybridized carbons (Fsp3) is 0.611. The summed E-state index contributed by atoms with van der Waals surface area (Å²) in [5.74, 6) is 1.61. The summed E-state index contributed by atoms with van der Waals surface area (Å²) in [5, 5.41) is 6.48. The molecule has 2 N–H and O–H groups in total. The Kier molecular flexibility index (Phi) is 11.5. The number of unbranched alkanes of at least 4 members (excludes halogenated alkanes) is 1. The number of guanidine groups is 1. The van der Waals surface area contributed by atoms with Crippen molar-refractivity contribution in [3.8, 4) is 5.75 Å². The van der Waals surface area contributed by atoms with Crippen LogP contribution in [0.1, 0.15) is 25.3 Å². The van der Waals surface area contributed by atoms with Crippen molar-refractivity contribution in [1.82, 2.24) is 10.6 Å². The molecule has 0 unspecified atom stereocenters. The number of aliphatic imine (C=N–C) groups is 1. The van der Waals surface area contributed by atoms with Gasteiger partial charge in [0.1, 0.15) is 5.75 Å². The van der Waals surface area contributed by atoms with E-state index in [4.69, 9.17) is 14.2 Å². The van der Waals surface area contributed by atoms with E-state index in [1.54, 1.807) is 14.2 Å². The topological polar surface area (TPSA) is 64.1 Å². The number of ether oxygens (including phenoxy) is 3. The lowest BCUT2D eigenvalue weighted by Crippen LogP contribution is -2.38. The maximum Gasteiger partial charge on any atom is 0.191 e. The molecule has 0 aliphatic heterocycles. The van der Waals surface area contributed by atoms with Gasteiger partial charge in [0, 0.05) is 32.3 Å². The van der Waals surface area contributed by atoms with Gasteiger partial charge in [-0.15, -0.1) is 0 Å². The summed E-state index contributed by atoms with van der Waals surface area (Å²) in [6.45, 7) is 6.21. The van der Waals surface area contributed by atoms with Crippen LogP contribution in [-0.4, -0.2) is 53.1 Å². The molecule has 1 rings (SSSR count). The SMILES string of the molecule is CCCCOCCOCCNC(=NC)NCc1ccccc1OC. The van der Waals surface area contributed by atoms with Crippen LogP contribution in [0.4, 0.5) is 0 Å². The minimum absolute atomic E-state index is 0.618. The number of nitrogens with one attached hydrogen (secondary N) is 2. The number of para-hydroxylation sites is 1. The Bertz CT molecular complexity index is 467. The van der Waals surface area contributed by atoms with Crippen LogP contribution in [0.3, 0.4) is 0 Å². The second-order valence-electron chi connectivity index (χ2n) is 5.24. The predicted molar refractivity (Wildman–Crippen MR) is 97.7 cm³/mol. The first-order valence-electron chi connectivity index (χ1n) is 8.53. The normalized spacial score (nSPS) is 11.4. The van der Waals surface area contributed by atoms with E-state index < -0.39 is 0 Å². The maximum absolute atomic E-state index is 5.52. The third kappa shape index (κ3) is 8.74. The van der Waals surface area contributed by atoms with Gasteiger partial charge in [-0.1, -0.05) is 31.5 Å². The lowest BCUT2D eigenvalue weighted by Gasteiger charge is -2.13. The van der Waals surface area contributed by atoms with E-state index in [0.717, 1.165) is 36.7 Å². The summed E-state index contributed by atoms with van der Waals surface area (Å²) in [6.07, 6.45) is 2.27. The Morgan fingerprint density at radius 3 is 2.50 bits per heavy atom. The Balaban J connectivity index is 2.13. The molecule has 1 aromatic rings. The Hall–Kier alpha value is -1.79. The van der Waals surface area contributed by atoms with Gasteiger partial charge in [0.25, 0.3) is 0 Å². The molecule has 0 bridgehead atoms. The van der Waals surface area contributed by atoms with Crippen molar-refractivity contribution >= 4 is 5.96 Å². The summed E-state index contributed by atoms with van der Waals surface area (Å²) in [4.78, 5) is 4.20. The molecule has 0 aliphatic carbocycles. The van der Waals surface area contributed by atoms with Crippen LogP contribution in [-0.2, 0) is 16.0 Å². The van der Waals surface area contributed by atoms with Crippen LogP contribution < -0.4 is 15.4 Å². The Morgan fingerprint density at radius 2 is 1.79 bits per heavy atom. The minimum Gasteiger partial charge on any atom is -0.496 e. The first kappa shape index (κ1) is 20.3. The highest BCUT2D eigenvalue weighted by molar-refractivity contribution is 5.79. The molecule has 0 amide bonds. The monoisotopic (exact) mass is 337 g/mol. The zero-order valence-electron chi connectivity index (χ0n) is 15.1. The van der Waals surface area contributed by atoms with Crippen molar-refractivity contribution in [3.05, 3.63) is 29.8 Å². The molecule has 24 heavy (non-hydrogen) atoms. The highest BCUT2D eigenvalue weighted by Gasteiger charge is 2.03. The molecule has 136 valence electrons. The second kappa shape index (κ2) is 13.6. The number of rotatable bonds is 12. The molecule has 0 atom stereocenters. The number of benzene rings is 1. The van der Waals surface area contributed by atoms with Crippen molar-refractivity contribution in [2.45, 2.75) is 26.3 Å². The zero-order valence-corrected chi connectivity index (χ0v) is 15.1. The van der Waals surface area contributed by atoms with Crippen LogP contribution in [0, 0.1) is 0 Å². The van der Waals surface area contributed by atoms with E-state index in [1.807, 2.05) is 24.3 Å². The zero-order chi connectivity index (χ0) is 17.5. The highest BCUT2D eigenvalue weighted by Crippen LogP contribution is 2.16. The summed E-state index contributed by atoms with van der Waals surface area (Å²) < 4.78 is 16.3. The summed E-state index contributed by atoms with van der Waals surface area (Å²) in [6, 6.07) is 7.93. The number of hydrogen-bond acceptors (Lipinski definition) is 4. The molecule has 0 spiro atoms. The van der Waals surface area contributed by atoms with Crippen molar-refractivity contribution in [2.24, 2.45) is 4.99 Å². The van der Waals surface area contributed by atoms with E-state index >= 15 is 0 Å². The van der Waals surface area contributed by atoms with Crippen LogP contribution in [0.5, 0.6) is 5.75 Å². The molecule has 0 aliphatic rings. The largest absolute Gasteiger partial charge is 0.496 e. The molecule has 0 saturated heterocycles. The molecule has 6 heteroatoms. The lowest BCUT2D eigenvalue weighted by atomic mass is 10.2. The van der Waals surface area contributed by atoms with E-state index in [9.17, 15) is 0 Å². The molecule has 0 fully saturated rings. The average molecular weight is 337 g/mol. The predicted octanol–water partition coefficient (Wildman–Crippen LogP) is 2.19. The van der Waals surface area contributed by atoms with Crippen molar-refractivity contribution in [1.29, 1.82) is 0 Å². The molecule has 0 saturated carbocycles. The van der Waals surface area contributed by atoms with Gasteiger partial charge in [0.2, 0.25) is 0 Å². The van der Waals surface area contributed by atoms with Crippen LogP contribution in [0.2, 0.25) is 0 Å². The van der Waals surface area contributed by atoms with Gasteiger partial charge < -0.3 is 24.8 Å². The molecule has 0 heterocycles. The summed E-state index contributed by atoms with van der Waals surface area (Å²) in [5.41, 5.74) is 1.09. The van der Waals surface area contributed by atoms with Crippen molar-refractivity contribution in [2.75, 3.05) is 47.1 Å². The smallest absolute Gasteiger partial charge is 0.191 e. The van der Waals surface area contributed by atoms with E-state index in [2.05, 4.69) is 22.5 Å². The molecule has 0 aromatic heterocycles. The van der Waals surface area contributed by atoms with E-state index in [1.165, 1.54) is 0 Å². The van der Waals surface area contributed by atoms with Crippen LogP contribution in [0.15, 0.2) is 29.3 Å². The van der Waals surface area contributed by atoms with Gasteiger partial charge in [0.05, 0.1) is 26.9 Å². The second-order valence-corrected chi connectivity index (χ2v) is 5.24. The van der Waals surface area contributed by atoms with E-state index in [-0.39, 0.29) is 0 Å². The number of hydrogen-bond donors (Lipinski definition) is 2. The fourth-order valence-electron chi connectivity index (χ4n) is 2.06. The lowest BCUT2D eigenvalue weighted by molar-refractivity contribution is 0.0487. The third-order valence-corrected chi connectivity index (χ3v) is 3.42. The third-order valence-electron chi connectivity index (χ3n) is 3.42. The highest BCUT2D eigenvalue weighted by atomic mass is 16.5. The fourth-order valence-corrected chi connectivity index (χ4v) is 2.06. The van der Waals surface area contributed by atoms with E-state index in [0.29, 0.717) is 32.9 Å². The number of nitrogens with zero attached hydrogens (tertiary/aromatic N) is 1. The molecular weight excluding hydrogens is 306 g/mol. The van der Waals surface area contributed by atoms with Gasteiger partial charge >= 0.3 is 0 Å². The van der Waals surface area contributed by atoms with Gasteiger partial charge in [0.15, 0.2) is 5.96 Å². The van der Waals surface area contributed by atoms with Crippen molar-refractivity contribution < 1.29 is 14.2 Å². The van der Waals surface area contributed by atoms with Gasteiger partial charge in [-0.25, -0.2) is 0 Å². The minimum atomic E-state index is 0.618. The molecule has 1 aromatic carbocycles. The molecule has 0 radical (unpaired) electrons. The number of methoxy groups -OCH3 is 1. The van der Waals surface area contributed by atoms with Gasteiger partial charge in [-0.05, 0) is 12.5 Å². The summed E-state index contributed by atoms with van der Waals surface area (Å²) in [7, 11) is 3.43. The van der Waals surface area contributed by atoms with Crippen molar-refractivity contribution in [3.63, 3.8) is 0 Å². The van der Waals surface area contributed by atoms with Gasteiger partial charge in [-0.3, -0.25) is 4.99 Å². The molecular formula is C18H31N3O3. The quantitative estimate of drug-likeness (QED) is 0.348. The Morgan fingerprint density at radius 1 is 1.04 bits per heavy atom. The standard InChI is InChI=1S/C18H31N3O3/c1-4-5-11-23-13-14-24-12-10-20-18(19-2)21-15-16-8-6-7-9-17(16)22-3/h6-9H,4-5,10-15H2,1-3H3,(H2,19,20,21). The summed E-state index contributed by atoms with van der Waals surface area (Å²) >= 11 is 0. The van der Waals surface area contributed by atoms with Crippen LogP contribution in [0.25, 0.3) is 0 Å². The Labute approximate surface area is 145 Å². The van der Waals surface area contributed by atoms with Gasteiger partial charge in [-0.2, -0.15) is 0 Å². The first-order chi connectivity index (χ1) is 11.8. The maximum atomic E-state index is 5.52. The average Bonchev–Trinajstić information content (AvgIpc) is 2.63. The first-order valence-corrected chi connectivity index (χ1v) is 8.53. The molecule has 6 nitrogen and oxygen atoms in total. The van der Waals surface area contributed by atoms with Crippen LogP contribution >= 0.6 is 0 Å².